The van der Waals surface area contributed by atoms with Crippen molar-refractivity contribution in [3.63, 3.8) is 0 Å². The maximum atomic E-state index is 12.2. The molecular weight excluding hydrogens is 437 g/mol. The van der Waals surface area contributed by atoms with Crippen LogP contribution < -0.4 is 103 Å². The molecular formula is C18H25K2NO4S2. The average Bonchev–Trinajstić information content (AvgIpc) is 3.04. The van der Waals surface area contributed by atoms with Gasteiger partial charge >= 0.3 is 115 Å². The average molecular weight is 462 g/mol. The predicted octanol–water partition coefficient (Wildman–Crippen LogP) is -1.47. The molecule has 2 aromatic rings. The Labute approximate surface area is 256 Å². The van der Waals surface area contributed by atoms with Crippen molar-refractivity contribution in [2.24, 2.45) is 5.92 Å². The second kappa shape index (κ2) is 16.4. The number of nitrogens with zero attached hydrogens (tertiary/aromatic N) is 1. The van der Waals surface area contributed by atoms with Gasteiger partial charge in [-0.2, -0.15) is 0 Å². The van der Waals surface area contributed by atoms with Gasteiger partial charge in [0.25, 0.3) is 0 Å². The fourth-order valence-electron chi connectivity index (χ4n) is 2.09. The summed E-state index contributed by atoms with van der Waals surface area (Å²) >= 11 is 3.07. The minimum atomic E-state index is -0.520. The zero-order valence-corrected chi connectivity index (χ0v) is 24.4. The molecule has 9 heteroatoms. The summed E-state index contributed by atoms with van der Waals surface area (Å²) < 4.78 is 12.3. The molecule has 0 aliphatic heterocycles. The Morgan fingerprint density at radius 2 is 1.81 bits per heavy atom. The first-order valence-corrected chi connectivity index (χ1v) is 10.2. The Hall–Kier alpha value is 1.67. The van der Waals surface area contributed by atoms with Crippen molar-refractivity contribution in [3.05, 3.63) is 24.3 Å². The van der Waals surface area contributed by atoms with E-state index in [0.717, 1.165) is 27.4 Å². The van der Waals surface area contributed by atoms with Crippen LogP contribution in [0.15, 0.2) is 28.6 Å². The molecule has 0 saturated carbocycles. The van der Waals surface area contributed by atoms with E-state index < -0.39 is 5.92 Å². The largest absolute Gasteiger partial charge is 1.00 e. The number of aromatic nitrogens is 1. The van der Waals surface area contributed by atoms with Gasteiger partial charge in [0.2, 0.25) is 0 Å². The van der Waals surface area contributed by atoms with E-state index in [9.17, 15) is 9.59 Å². The van der Waals surface area contributed by atoms with E-state index in [1.165, 1.54) is 11.8 Å². The Kier molecular flexibility index (Phi) is 17.4. The fraction of sp³-hybridized carbons (Fsp3) is 0.500. The van der Waals surface area contributed by atoms with E-state index in [-0.39, 0.29) is 124 Å². The summed E-state index contributed by atoms with van der Waals surface area (Å²) in [5, 5.41) is 0. The number of hydrogen-bond donors (Lipinski definition) is 0. The molecule has 1 heterocycles. The smallest absolute Gasteiger partial charge is 1.00 e. The van der Waals surface area contributed by atoms with Crippen LogP contribution in [-0.2, 0) is 19.1 Å². The molecule has 0 aliphatic carbocycles. The van der Waals surface area contributed by atoms with E-state index in [1.54, 1.807) is 11.3 Å². The van der Waals surface area contributed by atoms with Crippen LogP contribution >= 0.6 is 23.1 Å². The molecule has 0 N–H and O–H groups in total. The van der Waals surface area contributed by atoms with Crippen LogP contribution in [0.5, 0.6) is 0 Å². The molecule has 27 heavy (non-hydrogen) atoms. The number of thiazole rings is 1. The van der Waals surface area contributed by atoms with Crippen LogP contribution in [0.1, 0.15) is 36.0 Å². The molecule has 0 amide bonds. The molecule has 0 saturated heterocycles. The molecule has 5 nitrogen and oxygen atoms in total. The number of carbonyl (C=O) groups is 2. The normalized spacial score (nSPS) is 11.2. The first kappa shape index (κ1) is 28.7. The molecule has 1 unspecified atom stereocenters. The predicted molar refractivity (Wildman–Crippen MR) is 103 cm³/mol. The molecule has 1 aromatic heterocycles. The zero-order valence-electron chi connectivity index (χ0n) is 18.5. The minimum Gasteiger partial charge on any atom is -1.00 e. The number of ether oxygens (including phenoxy) is 2. The van der Waals surface area contributed by atoms with Gasteiger partial charge in [0.15, 0.2) is 4.34 Å². The van der Waals surface area contributed by atoms with E-state index in [0.29, 0.717) is 19.0 Å². The van der Waals surface area contributed by atoms with Gasteiger partial charge in [-0.1, -0.05) is 37.7 Å². The van der Waals surface area contributed by atoms with Crippen LogP contribution in [0.4, 0.5) is 0 Å². The molecule has 0 fully saturated rings. The summed E-state index contributed by atoms with van der Waals surface area (Å²) in [7, 11) is 0. The molecule has 2 rings (SSSR count). The van der Waals surface area contributed by atoms with Gasteiger partial charge in [-0.15, -0.1) is 11.3 Å². The first-order chi connectivity index (χ1) is 12.1. The molecule has 140 valence electrons. The number of rotatable bonds is 10. The van der Waals surface area contributed by atoms with Crippen LogP contribution in [-0.4, -0.2) is 35.9 Å². The van der Waals surface area contributed by atoms with Gasteiger partial charge < -0.3 is 12.3 Å². The second-order valence-electron chi connectivity index (χ2n) is 5.55. The molecule has 0 radical (unpaired) electrons. The Morgan fingerprint density at radius 3 is 2.48 bits per heavy atom. The number of thioether (sulfide) groups is 1. The third kappa shape index (κ3) is 10.5. The third-order valence-corrected chi connectivity index (χ3v) is 5.69. The van der Waals surface area contributed by atoms with Gasteiger partial charge in [-0.05, 0) is 25.0 Å². The summed E-state index contributed by atoms with van der Waals surface area (Å²) in [6.45, 7) is 4.61. The number of fused-ring (bicyclic) bond motifs is 1. The summed E-state index contributed by atoms with van der Waals surface area (Å²) in [4.78, 5) is 28.7. The van der Waals surface area contributed by atoms with Crippen molar-refractivity contribution >= 4 is 45.3 Å². The monoisotopic (exact) mass is 461 g/mol. The Balaban J connectivity index is -0.00000169. The third-order valence-electron chi connectivity index (χ3n) is 3.34. The Bertz CT molecular complexity index is 689. The van der Waals surface area contributed by atoms with Crippen molar-refractivity contribution in [2.75, 3.05) is 19.0 Å². The van der Waals surface area contributed by atoms with Gasteiger partial charge in [0.05, 0.1) is 35.8 Å². The van der Waals surface area contributed by atoms with Gasteiger partial charge in [-0.3, -0.25) is 9.59 Å². The summed E-state index contributed by atoms with van der Waals surface area (Å²) in [6, 6.07) is 7.91. The number of carbonyl (C=O) groups excluding carboxylic acids is 2. The molecule has 0 spiro atoms. The quantitative estimate of drug-likeness (QED) is 0.245. The van der Waals surface area contributed by atoms with E-state index in [4.69, 9.17) is 9.47 Å². The number of benzene rings is 1. The molecule has 0 aliphatic rings. The van der Waals surface area contributed by atoms with E-state index >= 15 is 0 Å². The number of esters is 2. The van der Waals surface area contributed by atoms with Crippen molar-refractivity contribution in [3.8, 4) is 0 Å². The molecule has 0 bridgehead atoms. The van der Waals surface area contributed by atoms with Gasteiger partial charge in [-0.25, -0.2) is 4.98 Å². The van der Waals surface area contributed by atoms with Crippen LogP contribution in [0.25, 0.3) is 10.2 Å². The van der Waals surface area contributed by atoms with E-state index in [2.05, 4.69) is 4.98 Å². The Morgan fingerprint density at radius 1 is 1.15 bits per heavy atom. The van der Waals surface area contributed by atoms with Crippen molar-refractivity contribution in [1.82, 2.24) is 4.98 Å². The molecule has 1 aromatic carbocycles. The maximum absolute atomic E-state index is 12.2. The second-order valence-corrected chi connectivity index (χ2v) is 7.85. The SMILES string of the molecule is CCCOC(=O)CC(CSc1nc2ccccc2s1)C(=O)OCCC.[H-].[H-].[K+].[K+]. The molecule has 1 atom stereocenters. The van der Waals surface area contributed by atoms with E-state index in [1.807, 2.05) is 38.1 Å². The van der Waals surface area contributed by atoms with Gasteiger partial charge in [0.1, 0.15) is 0 Å². The zero-order chi connectivity index (χ0) is 18.1. The topological polar surface area (TPSA) is 65.5 Å². The number of hydrogen-bond acceptors (Lipinski definition) is 7. The van der Waals surface area contributed by atoms with Crippen molar-refractivity contribution in [2.45, 2.75) is 37.4 Å². The summed E-state index contributed by atoms with van der Waals surface area (Å²) in [5.41, 5.74) is 0.947. The van der Waals surface area contributed by atoms with Gasteiger partial charge in [0, 0.05) is 5.75 Å². The fourth-order valence-corrected chi connectivity index (χ4v) is 4.26. The van der Waals surface area contributed by atoms with Crippen molar-refractivity contribution in [1.29, 1.82) is 0 Å². The summed E-state index contributed by atoms with van der Waals surface area (Å²) in [6.07, 6.45) is 1.56. The first-order valence-electron chi connectivity index (χ1n) is 8.44. The van der Waals surface area contributed by atoms with Crippen LogP contribution in [0.3, 0.4) is 0 Å². The minimum absolute atomic E-state index is 0. The number of para-hydroxylation sites is 1. The summed E-state index contributed by atoms with van der Waals surface area (Å²) in [5.74, 6) is -0.772. The standard InChI is InChI=1S/C18H23NO4S2.2K.2H/c1-3-9-22-16(20)11-13(17(21)23-10-4-2)12-24-18-19-14-7-5-6-8-15(14)25-18;;;;/h5-8,13H,3-4,9-12H2,1-2H3;;;;/q;2*+1;2*-1. The van der Waals surface area contributed by atoms with Crippen molar-refractivity contribution < 1.29 is 125 Å². The van der Waals surface area contributed by atoms with Crippen LogP contribution in [0, 0.1) is 5.92 Å². The van der Waals surface area contributed by atoms with Crippen LogP contribution in [0.2, 0.25) is 0 Å². The maximum Gasteiger partial charge on any atom is 1.00 e.